The van der Waals surface area contributed by atoms with Gasteiger partial charge in [0.15, 0.2) is 0 Å². The van der Waals surface area contributed by atoms with Gasteiger partial charge in [0, 0.05) is 44.7 Å². The molecular formula is C23H26N4O2. The first kappa shape index (κ1) is 19.2. The third kappa shape index (κ3) is 4.66. The molecule has 6 heteroatoms. The van der Waals surface area contributed by atoms with E-state index in [1.165, 1.54) is 0 Å². The summed E-state index contributed by atoms with van der Waals surface area (Å²) >= 11 is 0. The van der Waals surface area contributed by atoms with Gasteiger partial charge in [0.05, 0.1) is 19.0 Å². The first-order chi connectivity index (χ1) is 14.2. The van der Waals surface area contributed by atoms with E-state index in [1.807, 2.05) is 53.6 Å². The average molecular weight is 390 g/mol. The molecular weight excluding hydrogens is 364 g/mol. The molecule has 1 aromatic heterocycles. The second-order valence-corrected chi connectivity index (χ2v) is 7.33. The summed E-state index contributed by atoms with van der Waals surface area (Å²) in [4.78, 5) is 16.9. The Morgan fingerprint density at radius 2 is 1.79 bits per heavy atom. The van der Waals surface area contributed by atoms with Crippen molar-refractivity contribution >= 4 is 5.91 Å². The van der Waals surface area contributed by atoms with E-state index in [0.29, 0.717) is 13.0 Å². The number of aromatic nitrogens is 2. The normalized spacial score (nSPS) is 15.3. The SMILES string of the molecule is COc1ccc(CN2CCN(Cc3cn[nH]c3-c3ccccc3)CCC2=O)cc1. The van der Waals surface area contributed by atoms with E-state index in [2.05, 4.69) is 27.2 Å². The molecule has 1 aliphatic rings. The summed E-state index contributed by atoms with van der Waals surface area (Å²) in [6.07, 6.45) is 2.43. The van der Waals surface area contributed by atoms with E-state index in [0.717, 1.165) is 54.3 Å². The Labute approximate surface area is 171 Å². The van der Waals surface area contributed by atoms with Gasteiger partial charge in [-0.15, -0.1) is 0 Å². The van der Waals surface area contributed by atoms with Crippen molar-refractivity contribution in [1.82, 2.24) is 20.0 Å². The molecule has 2 aromatic carbocycles. The van der Waals surface area contributed by atoms with Gasteiger partial charge >= 0.3 is 0 Å². The number of carbonyl (C=O) groups excluding carboxylic acids is 1. The van der Waals surface area contributed by atoms with Crippen LogP contribution in [0.1, 0.15) is 17.5 Å². The maximum Gasteiger partial charge on any atom is 0.224 e. The predicted molar refractivity (Wildman–Crippen MR) is 112 cm³/mol. The molecule has 4 rings (SSSR count). The number of aromatic amines is 1. The summed E-state index contributed by atoms with van der Waals surface area (Å²) in [5, 5.41) is 7.37. The van der Waals surface area contributed by atoms with Gasteiger partial charge in [-0.2, -0.15) is 5.10 Å². The molecule has 0 atom stereocenters. The van der Waals surface area contributed by atoms with Gasteiger partial charge in [0.1, 0.15) is 5.75 Å². The molecule has 1 aliphatic heterocycles. The van der Waals surface area contributed by atoms with Crippen LogP contribution in [0.2, 0.25) is 0 Å². The minimum absolute atomic E-state index is 0.207. The molecule has 0 saturated carbocycles. The molecule has 0 radical (unpaired) electrons. The van der Waals surface area contributed by atoms with Crippen LogP contribution in [0.15, 0.2) is 60.8 Å². The summed E-state index contributed by atoms with van der Waals surface area (Å²) in [5.74, 6) is 1.04. The second-order valence-electron chi connectivity index (χ2n) is 7.33. The van der Waals surface area contributed by atoms with Crippen LogP contribution in [0.25, 0.3) is 11.3 Å². The van der Waals surface area contributed by atoms with Crippen molar-refractivity contribution in [2.75, 3.05) is 26.7 Å². The highest BCUT2D eigenvalue weighted by atomic mass is 16.5. The van der Waals surface area contributed by atoms with Crippen LogP contribution in [0.4, 0.5) is 0 Å². The Morgan fingerprint density at radius 3 is 2.55 bits per heavy atom. The molecule has 0 unspecified atom stereocenters. The number of nitrogens with one attached hydrogen (secondary N) is 1. The molecule has 2 heterocycles. The van der Waals surface area contributed by atoms with Gasteiger partial charge in [0.25, 0.3) is 0 Å². The number of benzene rings is 2. The standard InChI is InChI=1S/C23H26N4O2/c1-29-21-9-7-18(8-10-21)16-27-14-13-26(12-11-22(27)28)17-20-15-24-25-23(20)19-5-3-2-4-6-19/h2-10,15H,11-14,16-17H2,1H3,(H,24,25). The predicted octanol–water partition coefficient (Wildman–Crippen LogP) is 3.32. The quantitative estimate of drug-likeness (QED) is 0.701. The molecule has 0 bridgehead atoms. The van der Waals surface area contributed by atoms with Crippen molar-refractivity contribution in [3.05, 3.63) is 71.9 Å². The number of rotatable bonds is 6. The minimum atomic E-state index is 0.207. The van der Waals surface area contributed by atoms with Crippen LogP contribution in [-0.4, -0.2) is 52.6 Å². The monoisotopic (exact) mass is 390 g/mol. The number of hydrogen-bond donors (Lipinski definition) is 1. The average Bonchev–Trinajstić information content (AvgIpc) is 3.16. The Hall–Kier alpha value is -3.12. The minimum Gasteiger partial charge on any atom is -0.497 e. The Bertz CT molecular complexity index is 937. The fourth-order valence-corrected chi connectivity index (χ4v) is 3.71. The van der Waals surface area contributed by atoms with Crippen LogP contribution in [0, 0.1) is 0 Å². The first-order valence-electron chi connectivity index (χ1n) is 9.93. The largest absolute Gasteiger partial charge is 0.497 e. The summed E-state index contributed by atoms with van der Waals surface area (Å²) in [5.41, 5.74) is 4.46. The maximum absolute atomic E-state index is 12.6. The van der Waals surface area contributed by atoms with Crippen molar-refractivity contribution in [2.45, 2.75) is 19.5 Å². The van der Waals surface area contributed by atoms with E-state index < -0.39 is 0 Å². The number of H-pyrrole nitrogens is 1. The van der Waals surface area contributed by atoms with E-state index in [4.69, 9.17) is 4.74 Å². The molecule has 29 heavy (non-hydrogen) atoms. The van der Waals surface area contributed by atoms with Crippen LogP contribution < -0.4 is 4.74 Å². The second kappa shape index (κ2) is 8.92. The third-order valence-corrected chi connectivity index (χ3v) is 5.39. The van der Waals surface area contributed by atoms with Crippen LogP contribution in [0.5, 0.6) is 5.75 Å². The lowest BCUT2D eigenvalue weighted by Crippen LogP contribution is -2.32. The molecule has 3 aromatic rings. The Morgan fingerprint density at radius 1 is 1.00 bits per heavy atom. The zero-order valence-electron chi connectivity index (χ0n) is 16.7. The van der Waals surface area contributed by atoms with E-state index in [9.17, 15) is 4.79 Å². The van der Waals surface area contributed by atoms with Gasteiger partial charge in [-0.1, -0.05) is 42.5 Å². The first-order valence-corrected chi connectivity index (χ1v) is 9.93. The van der Waals surface area contributed by atoms with Gasteiger partial charge in [-0.05, 0) is 23.3 Å². The number of ether oxygens (including phenoxy) is 1. The van der Waals surface area contributed by atoms with E-state index >= 15 is 0 Å². The Kier molecular flexibility index (Phi) is 5.91. The van der Waals surface area contributed by atoms with E-state index in [-0.39, 0.29) is 5.91 Å². The summed E-state index contributed by atoms with van der Waals surface area (Å²) < 4.78 is 5.21. The highest BCUT2D eigenvalue weighted by Gasteiger charge is 2.22. The molecule has 6 nitrogen and oxygen atoms in total. The van der Waals surface area contributed by atoms with Crippen molar-refractivity contribution in [2.24, 2.45) is 0 Å². The Balaban J connectivity index is 1.40. The molecule has 1 fully saturated rings. The molecule has 1 N–H and O–H groups in total. The summed E-state index contributed by atoms with van der Waals surface area (Å²) in [7, 11) is 1.66. The number of hydrogen-bond acceptors (Lipinski definition) is 4. The lowest BCUT2D eigenvalue weighted by atomic mass is 10.1. The molecule has 1 saturated heterocycles. The van der Waals surface area contributed by atoms with Gasteiger partial charge in [-0.25, -0.2) is 0 Å². The molecule has 0 aliphatic carbocycles. The third-order valence-electron chi connectivity index (χ3n) is 5.39. The van der Waals surface area contributed by atoms with E-state index in [1.54, 1.807) is 7.11 Å². The molecule has 1 amide bonds. The fraction of sp³-hybridized carbons (Fsp3) is 0.304. The fourth-order valence-electron chi connectivity index (χ4n) is 3.71. The number of nitrogens with zero attached hydrogens (tertiary/aromatic N) is 3. The van der Waals surface area contributed by atoms with Gasteiger partial charge in [0.2, 0.25) is 5.91 Å². The highest BCUT2D eigenvalue weighted by molar-refractivity contribution is 5.76. The maximum atomic E-state index is 12.6. The lowest BCUT2D eigenvalue weighted by molar-refractivity contribution is -0.130. The van der Waals surface area contributed by atoms with Gasteiger partial charge in [-0.3, -0.25) is 14.8 Å². The van der Waals surface area contributed by atoms with Crippen LogP contribution >= 0.6 is 0 Å². The highest BCUT2D eigenvalue weighted by Crippen LogP contribution is 2.23. The summed E-state index contributed by atoms with van der Waals surface area (Å²) in [6, 6.07) is 18.2. The number of carbonyl (C=O) groups is 1. The van der Waals surface area contributed by atoms with Crippen LogP contribution in [0.3, 0.4) is 0 Å². The zero-order chi connectivity index (χ0) is 20.1. The van der Waals surface area contributed by atoms with Crippen molar-refractivity contribution in [3.8, 4) is 17.0 Å². The topological polar surface area (TPSA) is 61.5 Å². The van der Waals surface area contributed by atoms with Gasteiger partial charge < -0.3 is 9.64 Å². The van der Waals surface area contributed by atoms with Crippen molar-refractivity contribution in [1.29, 1.82) is 0 Å². The zero-order valence-corrected chi connectivity index (χ0v) is 16.7. The molecule has 0 spiro atoms. The smallest absolute Gasteiger partial charge is 0.224 e. The number of amides is 1. The van der Waals surface area contributed by atoms with Crippen molar-refractivity contribution < 1.29 is 9.53 Å². The lowest BCUT2D eigenvalue weighted by Gasteiger charge is -2.22. The van der Waals surface area contributed by atoms with Crippen molar-refractivity contribution in [3.63, 3.8) is 0 Å². The van der Waals surface area contributed by atoms with Crippen LogP contribution in [-0.2, 0) is 17.9 Å². The summed E-state index contributed by atoms with van der Waals surface area (Å²) in [6.45, 7) is 3.75. The number of methoxy groups -OCH3 is 1. The molecule has 150 valence electrons.